The highest BCUT2D eigenvalue weighted by Crippen LogP contribution is 2.09. The Morgan fingerprint density at radius 2 is 1.90 bits per heavy atom. The number of amidine groups is 1. The fourth-order valence-electron chi connectivity index (χ4n) is 1.27. The summed E-state index contributed by atoms with van der Waals surface area (Å²) in [5, 5.41) is 6.60. The standard InChI is InChI=1S/C14H19N3O2S2/c1-14(2,3)19-13(18)17-12(21-4)16-11(20)15-10-8-6-5-7-9-10/h5-9H,1-4H3,(H2,15,16,17,18,20). The SMILES string of the molecule is CS/C(=N\C(=O)OC(C)(C)C)NC(=S)Nc1ccccc1. The maximum Gasteiger partial charge on any atom is 0.436 e. The number of ether oxygens (including phenoxy) is 1. The molecule has 0 atom stereocenters. The van der Waals surface area contributed by atoms with Crippen LogP contribution in [-0.4, -0.2) is 28.2 Å². The monoisotopic (exact) mass is 325 g/mol. The van der Waals surface area contributed by atoms with Gasteiger partial charge in [0.05, 0.1) is 0 Å². The molecule has 0 saturated heterocycles. The molecule has 0 aliphatic carbocycles. The van der Waals surface area contributed by atoms with Crippen LogP contribution in [0.2, 0.25) is 0 Å². The number of thiocarbonyl (C=S) groups is 1. The van der Waals surface area contributed by atoms with Crippen LogP contribution in [0.3, 0.4) is 0 Å². The fraction of sp³-hybridized carbons (Fsp3) is 0.357. The van der Waals surface area contributed by atoms with E-state index in [2.05, 4.69) is 15.6 Å². The van der Waals surface area contributed by atoms with Crippen molar-refractivity contribution in [3.8, 4) is 0 Å². The minimum absolute atomic E-state index is 0.359. The number of nitrogens with zero attached hydrogens (tertiary/aromatic N) is 1. The molecule has 2 N–H and O–H groups in total. The Balaban J connectivity index is 2.61. The van der Waals surface area contributed by atoms with Crippen molar-refractivity contribution in [1.82, 2.24) is 5.32 Å². The van der Waals surface area contributed by atoms with Crippen molar-refractivity contribution in [3.63, 3.8) is 0 Å². The molecule has 114 valence electrons. The molecule has 0 heterocycles. The molecule has 0 spiro atoms. The second-order valence-corrected chi connectivity index (χ2v) is 6.25. The molecule has 5 nitrogen and oxygen atoms in total. The van der Waals surface area contributed by atoms with Crippen LogP contribution in [0, 0.1) is 0 Å². The van der Waals surface area contributed by atoms with Gasteiger partial charge < -0.3 is 15.4 Å². The number of anilines is 1. The lowest BCUT2D eigenvalue weighted by Gasteiger charge is -2.18. The highest BCUT2D eigenvalue weighted by atomic mass is 32.2. The fourth-order valence-corrected chi connectivity index (χ4v) is 1.92. The van der Waals surface area contributed by atoms with Gasteiger partial charge in [0.25, 0.3) is 0 Å². The van der Waals surface area contributed by atoms with Gasteiger partial charge in [-0.2, -0.15) is 4.99 Å². The zero-order valence-electron chi connectivity index (χ0n) is 12.5. The number of carbonyl (C=O) groups is 1. The number of aliphatic imine (C=N–C) groups is 1. The van der Waals surface area contributed by atoms with Crippen LogP contribution in [-0.2, 0) is 4.74 Å². The Morgan fingerprint density at radius 1 is 1.29 bits per heavy atom. The van der Waals surface area contributed by atoms with Crippen LogP contribution in [0.1, 0.15) is 20.8 Å². The van der Waals surface area contributed by atoms with Crippen LogP contribution in [0.25, 0.3) is 0 Å². The molecule has 0 unspecified atom stereocenters. The average molecular weight is 325 g/mol. The lowest BCUT2D eigenvalue weighted by atomic mass is 10.2. The van der Waals surface area contributed by atoms with E-state index in [9.17, 15) is 4.79 Å². The van der Waals surface area contributed by atoms with Gasteiger partial charge in [0, 0.05) is 5.69 Å². The van der Waals surface area contributed by atoms with Crippen LogP contribution in [0.15, 0.2) is 35.3 Å². The summed E-state index contributed by atoms with van der Waals surface area (Å²) in [6.45, 7) is 5.36. The lowest BCUT2D eigenvalue weighted by Crippen LogP contribution is -2.33. The summed E-state index contributed by atoms with van der Waals surface area (Å²) in [5.74, 6) is 0. The molecule has 0 saturated carbocycles. The second-order valence-electron chi connectivity index (χ2n) is 5.05. The van der Waals surface area contributed by atoms with E-state index >= 15 is 0 Å². The van der Waals surface area contributed by atoms with Gasteiger partial charge in [-0.3, -0.25) is 0 Å². The van der Waals surface area contributed by atoms with Crippen molar-refractivity contribution in [2.75, 3.05) is 11.6 Å². The first-order valence-corrected chi connectivity index (χ1v) is 7.92. The maximum atomic E-state index is 11.6. The molecule has 1 amide bonds. The number of thioether (sulfide) groups is 1. The molecule has 0 aliphatic heterocycles. The summed E-state index contributed by atoms with van der Waals surface area (Å²) in [7, 11) is 0. The molecule has 7 heteroatoms. The second kappa shape index (κ2) is 7.99. The van der Waals surface area contributed by atoms with E-state index in [0.717, 1.165) is 5.69 Å². The summed E-state index contributed by atoms with van der Waals surface area (Å²) in [5.41, 5.74) is 0.278. The van der Waals surface area contributed by atoms with Crippen LogP contribution in [0.5, 0.6) is 0 Å². The van der Waals surface area contributed by atoms with E-state index in [-0.39, 0.29) is 0 Å². The number of hydrogen-bond donors (Lipinski definition) is 2. The first kappa shape index (κ1) is 17.5. The zero-order valence-corrected chi connectivity index (χ0v) is 14.1. The third-order valence-corrected chi connectivity index (χ3v) is 2.82. The van der Waals surface area contributed by atoms with E-state index in [1.165, 1.54) is 11.8 Å². The lowest BCUT2D eigenvalue weighted by molar-refractivity contribution is 0.0604. The normalized spacial score (nSPS) is 11.7. The summed E-state index contributed by atoms with van der Waals surface area (Å²) in [6, 6.07) is 9.48. The van der Waals surface area contributed by atoms with Gasteiger partial charge >= 0.3 is 6.09 Å². The Kier molecular flexibility index (Phi) is 6.64. The van der Waals surface area contributed by atoms with Crippen molar-refractivity contribution in [1.29, 1.82) is 0 Å². The van der Waals surface area contributed by atoms with Crippen molar-refractivity contribution in [2.24, 2.45) is 4.99 Å². The van der Waals surface area contributed by atoms with Gasteiger partial charge in [0.1, 0.15) is 5.60 Å². The summed E-state index contributed by atoms with van der Waals surface area (Å²) in [4.78, 5) is 15.5. The number of nitrogens with one attached hydrogen (secondary N) is 2. The van der Waals surface area contributed by atoms with Gasteiger partial charge in [0.2, 0.25) is 0 Å². The van der Waals surface area contributed by atoms with Gasteiger partial charge in [-0.1, -0.05) is 30.0 Å². The van der Waals surface area contributed by atoms with E-state index < -0.39 is 11.7 Å². The summed E-state index contributed by atoms with van der Waals surface area (Å²) in [6.07, 6.45) is 1.14. The van der Waals surface area contributed by atoms with Crippen molar-refractivity contribution in [2.45, 2.75) is 26.4 Å². The molecular formula is C14H19N3O2S2. The average Bonchev–Trinajstić information content (AvgIpc) is 2.36. The third kappa shape index (κ3) is 7.67. The molecule has 0 fully saturated rings. The molecule has 0 bridgehead atoms. The van der Waals surface area contributed by atoms with Crippen molar-refractivity contribution in [3.05, 3.63) is 30.3 Å². The zero-order chi connectivity index (χ0) is 15.9. The third-order valence-electron chi connectivity index (χ3n) is 2.03. The van der Waals surface area contributed by atoms with Crippen LogP contribution in [0.4, 0.5) is 10.5 Å². The first-order valence-electron chi connectivity index (χ1n) is 6.29. The molecule has 1 aromatic carbocycles. The van der Waals surface area contributed by atoms with E-state index in [0.29, 0.717) is 10.3 Å². The predicted octanol–water partition coefficient (Wildman–Crippen LogP) is 3.63. The number of carbonyl (C=O) groups excluding carboxylic acids is 1. The smallest absolute Gasteiger partial charge is 0.436 e. The Labute approximate surface area is 134 Å². The minimum Gasteiger partial charge on any atom is -0.442 e. The predicted molar refractivity (Wildman–Crippen MR) is 93.0 cm³/mol. The highest BCUT2D eigenvalue weighted by molar-refractivity contribution is 8.13. The molecule has 1 rings (SSSR count). The van der Waals surface area contributed by atoms with Crippen molar-refractivity contribution < 1.29 is 9.53 Å². The first-order chi connectivity index (χ1) is 9.80. The maximum absolute atomic E-state index is 11.6. The largest absolute Gasteiger partial charge is 0.442 e. The number of para-hydroxylation sites is 1. The van der Waals surface area contributed by atoms with Crippen molar-refractivity contribution >= 4 is 46.0 Å². The van der Waals surface area contributed by atoms with Gasteiger partial charge in [0.15, 0.2) is 10.3 Å². The summed E-state index contributed by atoms with van der Waals surface area (Å²) < 4.78 is 5.13. The van der Waals surface area contributed by atoms with E-state index in [1.807, 2.05) is 30.3 Å². The topological polar surface area (TPSA) is 62.7 Å². The Hall–Kier alpha value is -1.60. The molecule has 1 aromatic rings. The Bertz CT molecular complexity index is 525. The molecule has 0 aliphatic rings. The number of hydrogen-bond acceptors (Lipinski definition) is 4. The number of amides is 1. The van der Waals surface area contributed by atoms with Crippen LogP contribution >= 0.6 is 24.0 Å². The molecule has 21 heavy (non-hydrogen) atoms. The van der Waals surface area contributed by atoms with Gasteiger partial charge in [-0.15, -0.1) is 0 Å². The van der Waals surface area contributed by atoms with Gasteiger partial charge in [-0.25, -0.2) is 4.79 Å². The number of benzene rings is 1. The van der Waals surface area contributed by atoms with Gasteiger partial charge in [-0.05, 0) is 51.4 Å². The van der Waals surface area contributed by atoms with E-state index in [1.54, 1.807) is 27.0 Å². The molecular weight excluding hydrogens is 306 g/mol. The van der Waals surface area contributed by atoms with Crippen LogP contribution < -0.4 is 10.6 Å². The highest BCUT2D eigenvalue weighted by Gasteiger charge is 2.16. The summed E-state index contributed by atoms with van der Waals surface area (Å²) >= 11 is 6.45. The van der Waals surface area contributed by atoms with E-state index in [4.69, 9.17) is 17.0 Å². The molecule has 0 radical (unpaired) electrons. The molecule has 0 aromatic heterocycles. The number of rotatable bonds is 1. The quantitative estimate of drug-likeness (QED) is 0.467. The Morgan fingerprint density at radius 3 is 2.43 bits per heavy atom. The minimum atomic E-state index is -0.651.